The number of anilines is 1. The molecule has 4 rings (SSSR count). The SMILES string of the molecule is COc1ccc(-n2cc3cnc(NCC(F)(F)F)nc3c(-c3ccc(Br)cc3)c2=O)cc1. The number of benzene rings is 2. The largest absolute Gasteiger partial charge is 0.497 e. The van der Waals surface area contributed by atoms with Gasteiger partial charge in [-0.1, -0.05) is 28.1 Å². The minimum Gasteiger partial charge on any atom is -0.497 e. The lowest BCUT2D eigenvalue weighted by molar-refractivity contribution is -0.115. The van der Waals surface area contributed by atoms with Crippen LogP contribution in [0.2, 0.25) is 0 Å². The molecule has 0 fully saturated rings. The van der Waals surface area contributed by atoms with Crippen LogP contribution in [0.5, 0.6) is 5.75 Å². The molecule has 0 spiro atoms. The zero-order valence-corrected chi connectivity index (χ0v) is 18.2. The number of alkyl halides is 3. The summed E-state index contributed by atoms with van der Waals surface area (Å²) in [6.07, 6.45) is -1.47. The molecule has 6 nitrogen and oxygen atoms in total. The molecular formula is C22H16BrF3N4O2. The van der Waals surface area contributed by atoms with Gasteiger partial charge in [0.15, 0.2) is 0 Å². The van der Waals surface area contributed by atoms with Gasteiger partial charge < -0.3 is 10.1 Å². The molecule has 0 atom stereocenters. The third kappa shape index (κ3) is 4.59. The monoisotopic (exact) mass is 504 g/mol. The Labute approximate surface area is 188 Å². The smallest absolute Gasteiger partial charge is 0.405 e. The van der Waals surface area contributed by atoms with Gasteiger partial charge in [0, 0.05) is 27.9 Å². The van der Waals surface area contributed by atoms with E-state index in [1.165, 1.54) is 10.8 Å². The number of methoxy groups -OCH3 is 1. The first kappa shape index (κ1) is 21.8. The first-order valence-electron chi connectivity index (χ1n) is 9.38. The first-order chi connectivity index (χ1) is 15.2. The van der Waals surface area contributed by atoms with Crippen molar-refractivity contribution in [1.82, 2.24) is 14.5 Å². The number of ether oxygens (including phenoxy) is 1. The van der Waals surface area contributed by atoms with Crippen LogP contribution in [-0.4, -0.2) is 34.4 Å². The summed E-state index contributed by atoms with van der Waals surface area (Å²) in [6, 6.07) is 13.9. The van der Waals surface area contributed by atoms with Gasteiger partial charge in [0.05, 0.1) is 18.2 Å². The van der Waals surface area contributed by atoms with Crippen molar-refractivity contribution in [2.24, 2.45) is 0 Å². The van der Waals surface area contributed by atoms with Crippen LogP contribution in [0.3, 0.4) is 0 Å². The van der Waals surface area contributed by atoms with E-state index in [-0.39, 0.29) is 22.6 Å². The maximum absolute atomic E-state index is 13.5. The van der Waals surface area contributed by atoms with Crippen LogP contribution in [0.25, 0.3) is 27.7 Å². The standard InChI is InChI=1S/C22H16BrF3N4O2/c1-32-17-8-6-16(7-9-17)30-11-14-10-27-21(28-12-22(24,25)26)29-19(14)18(20(30)31)13-2-4-15(23)5-3-13/h2-11H,12H2,1H3,(H,28,29). The third-order valence-electron chi connectivity index (χ3n) is 4.69. The normalized spacial score (nSPS) is 11.5. The summed E-state index contributed by atoms with van der Waals surface area (Å²) < 4.78 is 45.3. The quantitative estimate of drug-likeness (QED) is 0.404. The van der Waals surface area contributed by atoms with Gasteiger partial charge in [-0.3, -0.25) is 9.36 Å². The Morgan fingerprint density at radius 3 is 2.41 bits per heavy atom. The van der Waals surface area contributed by atoms with E-state index in [9.17, 15) is 18.0 Å². The van der Waals surface area contributed by atoms with Crippen LogP contribution < -0.4 is 15.6 Å². The molecule has 0 amide bonds. The summed E-state index contributed by atoms with van der Waals surface area (Å²) in [5.74, 6) is 0.425. The van der Waals surface area contributed by atoms with Crippen molar-refractivity contribution < 1.29 is 17.9 Å². The fourth-order valence-corrected chi connectivity index (χ4v) is 3.45. The summed E-state index contributed by atoms with van der Waals surface area (Å²) in [4.78, 5) is 21.7. The van der Waals surface area contributed by atoms with Gasteiger partial charge in [-0.05, 0) is 42.0 Å². The Morgan fingerprint density at radius 1 is 1.09 bits per heavy atom. The molecule has 0 radical (unpaired) electrons. The molecule has 2 heterocycles. The topological polar surface area (TPSA) is 69.0 Å². The van der Waals surface area contributed by atoms with Crippen molar-refractivity contribution in [1.29, 1.82) is 0 Å². The summed E-state index contributed by atoms with van der Waals surface area (Å²) in [5.41, 5.74) is 1.30. The lowest BCUT2D eigenvalue weighted by Gasteiger charge is -2.14. The highest BCUT2D eigenvalue weighted by molar-refractivity contribution is 9.10. The Morgan fingerprint density at radius 2 is 1.78 bits per heavy atom. The van der Waals surface area contributed by atoms with Crippen LogP contribution in [0.4, 0.5) is 19.1 Å². The zero-order valence-electron chi connectivity index (χ0n) is 16.7. The van der Waals surface area contributed by atoms with E-state index < -0.39 is 12.7 Å². The molecule has 0 saturated heterocycles. The highest BCUT2D eigenvalue weighted by atomic mass is 79.9. The first-order valence-corrected chi connectivity index (χ1v) is 10.2. The van der Waals surface area contributed by atoms with Crippen LogP contribution in [0, 0.1) is 0 Å². The van der Waals surface area contributed by atoms with Gasteiger partial charge in [0.2, 0.25) is 5.95 Å². The summed E-state index contributed by atoms with van der Waals surface area (Å²) >= 11 is 3.36. The van der Waals surface area contributed by atoms with Crippen molar-refractivity contribution in [3.05, 3.63) is 75.8 Å². The van der Waals surface area contributed by atoms with E-state index >= 15 is 0 Å². The maximum atomic E-state index is 13.5. The van der Waals surface area contributed by atoms with Gasteiger partial charge in [-0.2, -0.15) is 13.2 Å². The van der Waals surface area contributed by atoms with Gasteiger partial charge in [-0.25, -0.2) is 9.97 Å². The number of nitrogens with one attached hydrogen (secondary N) is 1. The highest BCUT2D eigenvalue weighted by Crippen LogP contribution is 2.27. The second-order valence-corrected chi connectivity index (χ2v) is 7.77. The lowest BCUT2D eigenvalue weighted by atomic mass is 10.0. The lowest BCUT2D eigenvalue weighted by Crippen LogP contribution is -2.23. The van der Waals surface area contributed by atoms with Gasteiger partial charge in [-0.15, -0.1) is 0 Å². The van der Waals surface area contributed by atoms with Gasteiger partial charge in [0.1, 0.15) is 12.3 Å². The Bertz CT molecular complexity index is 1320. The Kier molecular flexibility index (Phi) is 5.88. The number of fused-ring (bicyclic) bond motifs is 1. The number of pyridine rings is 1. The van der Waals surface area contributed by atoms with E-state index in [0.717, 1.165) is 4.47 Å². The van der Waals surface area contributed by atoms with Crippen molar-refractivity contribution in [2.45, 2.75) is 6.18 Å². The minimum atomic E-state index is -4.43. The number of hydrogen-bond acceptors (Lipinski definition) is 5. The van der Waals surface area contributed by atoms with Crippen molar-refractivity contribution in [3.8, 4) is 22.6 Å². The molecule has 0 unspecified atom stereocenters. The molecule has 164 valence electrons. The van der Waals surface area contributed by atoms with Crippen molar-refractivity contribution in [2.75, 3.05) is 19.0 Å². The molecule has 10 heteroatoms. The molecule has 4 aromatic rings. The molecule has 0 aliphatic carbocycles. The fraction of sp³-hybridized carbons (Fsp3) is 0.136. The van der Waals surface area contributed by atoms with E-state index in [4.69, 9.17) is 4.74 Å². The zero-order chi connectivity index (χ0) is 22.9. The van der Waals surface area contributed by atoms with Crippen LogP contribution in [0.1, 0.15) is 0 Å². The van der Waals surface area contributed by atoms with Crippen molar-refractivity contribution >= 4 is 32.8 Å². The van der Waals surface area contributed by atoms with E-state index in [1.54, 1.807) is 61.8 Å². The highest BCUT2D eigenvalue weighted by Gasteiger charge is 2.27. The molecule has 2 aromatic heterocycles. The minimum absolute atomic E-state index is 0.213. The molecular weight excluding hydrogens is 489 g/mol. The Balaban J connectivity index is 1.93. The van der Waals surface area contributed by atoms with Crippen LogP contribution >= 0.6 is 15.9 Å². The number of aromatic nitrogens is 3. The van der Waals surface area contributed by atoms with E-state index in [0.29, 0.717) is 22.4 Å². The van der Waals surface area contributed by atoms with Crippen molar-refractivity contribution in [3.63, 3.8) is 0 Å². The molecule has 0 aliphatic heterocycles. The van der Waals surface area contributed by atoms with Crippen LogP contribution in [-0.2, 0) is 0 Å². The van der Waals surface area contributed by atoms with Gasteiger partial charge >= 0.3 is 6.18 Å². The number of rotatable bonds is 5. The number of nitrogens with zero attached hydrogens (tertiary/aromatic N) is 3. The average Bonchev–Trinajstić information content (AvgIpc) is 2.78. The van der Waals surface area contributed by atoms with Crippen LogP contribution in [0.15, 0.2) is 70.2 Å². The average molecular weight is 505 g/mol. The second kappa shape index (κ2) is 8.62. The van der Waals surface area contributed by atoms with E-state index in [2.05, 4.69) is 31.2 Å². The predicted molar refractivity (Wildman–Crippen MR) is 119 cm³/mol. The molecule has 0 aliphatic rings. The fourth-order valence-electron chi connectivity index (χ4n) is 3.18. The summed E-state index contributed by atoms with van der Waals surface area (Å²) in [6.45, 7) is -1.28. The molecule has 1 N–H and O–H groups in total. The molecule has 2 aromatic carbocycles. The number of hydrogen-bond donors (Lipinski definition) is 1. The van der Waals surface area contributed by atoms with Gasteiger partial charge in [0.25, 0.3) is 5.56 Å². The Hall–Kier alpha value is -3.40. The predicted octanol–water partition coefficient (Wildman–Crippen LogP) is 5.19. The summed E-state index contributed by atoms with van der Waals surface area (Å²) in [7, 11) is 1.55. The number of halogens is 4. The molecule has 0 bridgehead atoms. The molecule has 0 saturated carbocycles. The second-order valence-electron chi connectivity index (χ2n) is 6.85. The molecule has 32 heavy (non-hydrogen) atoms. The summed E-state index contributed by atoms with van der Waals surface area (Å²) in [5, 5.41) is 2.66. The van der Waals surface area contributed by atoms with E-state index in [1.807, 2.05) is 0 Å². The third-order valence-corrected chi connectivity index (χ3v) is 5.21. The maximum Gasteiger partial charge on any atom is 0.405 e.